The fourth-order valence-electron chi connectivity index (χ4n) is 4.26. The van der Waals surface area contributed by atoms with E-state index in [9.17, 15) is 14.7 Å². The Labute approximate surface area is 223 Å². The van der Waals surface area contributed by atoms with Crippen LogP contribution in [0, 0.1) is 23.2 Å². The number of aromatic amines is 1. The number of rotatable bonds is 12. The largest absolute Gasteiger partial charge is 0.394 e. The summed E-state index contributed by atoms with van der Waals surface area (Å²) in [6.45, 7) is 13.5. The number of fused-ring (bicyclic) bond motifs is 1. The number of aliphatic hydroxyl groups is 1. The zero-order valence-corrected chi connectivity index (χ0v) is 23.8. The topological polar surface area (TPSA) is 168 Å². The maximum absolute atomic E-state index is 12.7. The van der Waals surface area contributed by atoms with Gasteiger partial charge in [-0.2, -0.15) is 10.2 Å². The van der Waals surface area contributed by atoms with Crippen LogP contribution in [-0.2, 0) is 18.6 Å². The number of ether oxygens (including phenoxy) is 1. The highest BCUT2D eigenvalue weighted by atomic mass is 31.2. The van der Waals surface area contributed by atoms with Crippen LogP contribution in [0.4, 0.5) is 5.95 Å². The minimum Gasteiger partial charge on any atom is -0.394 e. The number of amides is 1. The highest BCUT2D eigenvalue weighted by Gasteiger charge is 2.47. The molecule has 0 radical (unpaired) electrons. The molecule has 0 spiro atoms. The lowest BCUT2D eigenvalue weighted by molar-refractivity contribution is -0.118. The number of H-pyrrole nitrogens is 1. The number of nitriles is 1. The molecule has 1 aliphatic heterocycles. The first-order valence-corrected chi connectivity index (χ1v) is 13.9. The predicted molar refractivity (Wildman–Crippen MR) is 142 cm³/mol. The summed E-state index contributed by atoms with van der Waals surface area (Å²) < 4.78 is 22.6. The van der Waals surface area contributed by atoms with E-state index in [-0.39, 0.29) is 66.6 Å². The normalized spacial score (nSPS) is 22.6. The van der Waals surface area contributed by atoms with Crippen molar-refractivity contribution in [1.29, 1.82) is 5.26 Å². The molecule has 1 amide bonds. The van der Waals surface area contributed by atoms with Gasteiger partial charge in [-0.05, 0) is 27.7 Å². The van der Waals surface area contributed by atoms with E-state index in [0.717, 1.165) is 0 Å². The fraction of sp³-hybridized carbons (Fsp3) is 0.708. The third-order valence-electron chi connectivity index (χ3n) is 6.23. The third kappa shape index (κ3) is 6.57. The molecule has 0 saturated carbocycles. The summed E-state index contributed by atoms with van der Waals surface area (Å²) in [6, 6.07) is 2.28. The summed E-state index contributed by atoms with van der Waals surface area (Å²) in [7, 11) is -1.61. The molecule has 210 valence electrons. The van der Waals surface area contributed by atoms with Crippen LogP contribution >= 0.6 is 8.53 Å². The van der Waals surface area contributed by atoms with Crippen molar-refractivity contribution in [3.05, 3.63) is 16.7 Å². The van der Waals surface area contributed by atoms with Gasteiger partial charge < -0.3 is 18.9 Å². The molecule has 14 heteroatoms. The molecule has 0 bridgehead atoms. The molecule has 0 aromatic carbocycles. The van der Waals surface area contributed by atoms with E-state index >= 15 is 0 Å². The molecule has 38 heavy (non-hydrogen) atoms. The van der Waals surface area contributed by atoms with Gasteiger partial charge in [0.2, 0.25) is 11.9 Å². The number of aromatic nitrogens is 4. The Kier molecular flexibility index (Phi) is 10.3. The monoisotopic (exact) mass is 551 g/mol. The van der Waals surface area contributed by atoms with Crippen molar-refractivity contribution in [3.63, 3.8) is 0 Å². The van der Waals surface area contributed by atoms with E-state index in [0.29, 0.717) is 0 Å². The van der Waals surface area contributed by atoms with Crippen LogP contribution in [0.3, 0.4) is 0 Å². The number of anilines is 1. The van der Waals surface area contributed by atoms with Gasteiger partial charge in [0.05, 0.1) is 38.1 Å². The number of hydrogen-bond acceptors (Lipinski definition) is 10. The van der Waals surface area contributed by atoms with Gasteiger partial charge in [0.15, 0.2) is 17.4 Å². The zero-order chi connectivity index (χ0) is 28.1. The second-order valence-corrected chi connectivity index (χ2v) is 11.5. The molecule has 2 aromatic heterocycles. The summed E-state index contributed by atoms with van der Waals surface area (Å²) in [6.07, 6.45) is -0.286. The van der Waals surface area contributed by atoms with Crippen molar-refractivity contribution in [1.82, 2.24) is 24.2 Å². The van der Waals surface area contributed by atoms with Crippen LogP contribution in [0.1, 0.15) is 61.1 Å². The SMILES string of the molecule is CC(C)C(=O)Nc1nc2c(ncn2[C@@H]2O[C@H](CO)[C@@H](C)[C@H]2OP(OCCC#N)N(C(C)C)C(C)C)c(=O)[nH]1. The number of aliphatic hydroxyl groups excluding tert-OH is 1. The number of nitrogens with one attached hydrogen (secondary N) is 2. The van der Waals surface area contributed by atoms with E-state index in [1.54, 1.807) is 18.4 Å². The third-order valence-corrected chi connectivity index (χ3v) is 8.35. The van der Waals surface area contributed by atoms with Crippen LogP contribution in [0.25, 0.3) is 11.2 Å². The number of carbonyl (C=O) groups excluding carboxylic acids is 1. The molecule has 13 nitrogen and oxygen atoms in total. The number of carbonyl (C=O) groups is 1. The summed E-state index contributed by atoms with van der Waals surface area (Å²) >= 11 is 0. The van der Waals surface area contributed by atoms with Crippen LogP contribution in [0.2, 0.25) is 0 Å². The molecule has 5 atom stereocenters. The van der Waals surface area contributed by atoms with Crippen molar-refractivity contribution in [3.8, 4) is 6.07 Å². The molecular weight excluding hydrogens is 513 g/mol. The van der Waals surface area contributed by atoms with Gasteiger partial charge in [-0.15, -0.1) is 0 Å². The molecular formula is C24H38N7O6P. The minimum atomic E-state index is -1.61. The Balaban J connectivity index is 2.02. The van der Waals surface area contributed by atoms with Crippen molar-refractivity contribution >= 4 is 31.5 Å². The quantitative estimate of drug-likeness (QED) is 0.263. The van der Waals surface area contributed by atoms with Gasteiger partial charge in [0.1, 0.15) is 6.10 Å². The Bertz CT molecular complexity index is 1190. The highest BCUT2D eigenvalue weighted by molar-refractivity contribution is 7.44. The van der Waals surface area contributed by atoms with E-state index in [1.165, 1.54) is 6.33 Å². The summed E-state index contributed by atoms with van der Waals surface area (Å²) in [5.41, 5.74) is -0.229. The van der Waals surface area contributed by atoms with Crippen molar-refractivity contribution < 1.29 is 23.7 Å². The average molecular weight is 552 g/mol. The highest BCUT2D eigenvalue weighted by Crippen LogP contribution is 2.51. The van der Waals surface area contributed by atoms with Crippen LogP contribution in [0.15, 0.2) is 11.1 Å². The van der Waals surface area contributed by atoms with Crippen molar-refractivity contribution in [2.75, 3.05) is 18.5 Å². The standard InChI is InChI=1S/C24H38N7O6P/c1-13(2)21(33)28-24-27-20-18(22(34)29-24)26-12-30(20)23-19(16(7)17(11-32)36-23)37-38(35-10-8-9-25)31(14(3)4)15(5)6/h12-17,19,23,32H,8,10-11H2,1-7H3,(H2,27,28,29,33,34)/t16-,17-,19-,23-,38?/m1/s1. The maximum Gasteiger partial charge on any atom is 0.280 e. The number of hydrogen-bond donors (Lipinski definition) is 3. The molecule has 1 saturated heterocycles. The first kappa shape index (κ1) is 30.1. The molecule has 1 aliphatic rings. The predicted octanol–water partition coefficient (Wildman–Crippen LogP) is 2.90. The molecule has 0 aliphatic carbocycles. The van der Waals surface area contributed by atoms with Crippen LogP contribution in [-0.4, -0.2) is 72.7 Å². The molecule has 2 aromatic rings. The Morgan fingerprint density at radius 2 is 2.03 bits per heavy atom. The summed E-state index contributed by atoms with van der Waals surface area (Å²) in [5, 5.41) is 21.7. The van der Waals surface area contributed by atoms with Gasteiger partial charge in [0.25, 0.3) is 14.1 Å². The van der Waals surface area contributed by atoms with E-state index < -0.39 is 32.5 Å². The van der Waals surface area contributed by atoms with Gasteiger partial charge >= 0.3 is 0 Å². The average Bonchev–Trinajstić information content (AvgIpc) is 3.39. The number of imidazole rings is 1. The lowest BCUT2D eigenvalue weighted by Gasteiger charge is -2.38. The lowest BCUT2D eigenvalue weighted by Crippen LogP contribution is -2.36. The molecule has 3 N–H and O–H groups in total. The second-order valence-electron chi connectivity index (χ2n) is 10.1. The van der Waals surface area contributed by atoms with Crippen LogP contribution in [0.5, 0.6) is 0 Å². The fourth-order valence-corrected chi connectivity index (χ4v) is 6.07. The molecule has 1 unspecified atom stereocenters. The minimum absolute atomic E-state index is 0.00180. The Morgan fingerprint density at radius 1 is 1.34 bits per heavy atom. The van der Waals surface area contributed by atoms with Crippen molar-refractivity contribution in [2.24, 2.45) is 11.8 Å². The summed E-state index contributed by atoms with van der Waals surface area (Å²) in [4.78, 5) is 36.2. The Morgan fingerprint density at radius 3 is 2.61 bits per heavy atom. The van der Waals surface area contributed by atoms with E-state index in [4.69, 9.17) is 19.0 Å². The van der Waals surface area contributed by atoms with E-state index in [1.807, 2.05) is 34.6 Å². The second kappa shape index (κ2) is 13.1. The first-order valence-electron chi connectivity index (χ1n) is 12.8. The van der Waals surface area contributed by atoms with Gasteiger partial charge in [-0.1, -0.05) is 20.8 Å². The lowest BCUT2D eigenvalue weighted by atomic mass is 10.0. The maximum atomic E-state index is 12.7. The summed E-state index contributed by atoms with van der Waals surface area (Å²) in [5.74, 6) is -0.866. The molecule has 3 rings (SSSR count). The van der Waals surface area contributed by atoms with Crippen LogP contribution < -0.4 is 10.9 Å². The smallest absolute Gasteiger partial charge is 0.280 e. The van der Waals surface area contributed by atoms with Gasteiger partial charge in [-0.25, -0.2) is 9.65 Å². The van der Waals surface area contributed by atoms with Gasteiger partial charge in [-0.3, -0.25) is 24.5 Å². The molecule has 3 heterocycles. The van der Waals surface area contributed by atoms with E-state index in [2.05, 4.69) is 31.0 Å². The molecule has 1 fully saturated rings. The Hall–Kier alpha value is -2.46. The number of nitrogens with zero attached hydrogens (tertiary/aromatic N) is 5. The van der Waals surface area contributed by atoms with Crippen molar-refractivity contribution in [2.45, 2.75) is 85.4 Å². The first-order chi connectivity index (χ1) is 18.0. The zero-order valence-electron chi connectivity index (χ0n) is 22.9. The van der Waals surface area contributed by atoms with Gasteiger partial charge in [0, 0.05) is 23.9 Å².